The van der Waals surface area contributed by atoms with Gasteiger partial charge in [0.25, 0.3) is 0 Å². The van der Waals surface area contributed by atoms with Gasteiger partial charge in [0.15, 0.2) is 0 Å². The predicted molar refractivity (Wildman–Crippen MR) is 95.5 cm³/mol. The van der Waals surface area contributed by atoms with Crippen molar-refractivity contribution in [3.05, 3.63) is 41.2 Å². The highest BCUT2D eigenvalue weighted by atomic mass is 35.5. The molecule has 1 fully saturated rings. The highest BCUT2D eigenvalue weighted by Crippen LogP contribution is 2.23. The summed E-state index contributed by atoms with van der Waals surface area (Å²) in [5, 5.41) is 9.55. The van der Waals surface area contributed by atoms with E-state index in [0.29, 0.717) is 17.0 Å². The lowest BCUT2D eigenvalue weighted by Crippen LogP contribution is -2.44. The Morgan fingerprint density at radius 1 is 1.44 bits per heavy atom. The van der Waals surface area contributed by atoms with Crippen LogP contribution < -0.4 is 0 Å². The number of likely N-dealkylation sites (tertiary alicyclic amines) is 1. The molecule has 134 valence electrons. The third kappa shape index (κ3) is 4.81. The zero-order valence-electron chi connectivity index (χ0n) is 14.2. The van der Waals surface area contributed by atoms with Crippen molar-refractivity contribution >= 4 is 17.6 Å². The molecular formula is C18H22ClN3O3. The van der Waals surface area contributed by atoms with Crippen molar-refractivity contribution in [3.8, 4) is 11.5 Å². The molecule has 0 atom stereocenters. The van der Waals surface area contributed by atoms with Gasteiger partial charge in [-0.15, -0.1) is 0 Å². The summed E-state index contributed by atoms with van der Waals surface area (Å²) in [4.78, 5) is 19.6. The molecule has 0 unspecified atom stereocenters. The van der Waals surface area contributed by atoms with Crippen molar-refractivity contribution in [2.45, 2.75) is 25.4 Å². The summed E-state index contributed by atoms with van der Waals surface area (Å²) in [7, 11) is 1.88. The summed E-state index contributed by atoms with van der Waals surface area (Å²) < 4.78 is 5.58. The number of halogens is 1. The van der Waals surface area contributed by atoms with Crippen LogP contribution in [0.15, 0.2) is 34.9 Å². The first kappa shape index (κ1) is 17.9. The molecule has 2 aromatic rings. The van der Waals surface area contributed by atoms with E-state index in [0.717, 1.165) is 43.7 Å². The van der Waals surface area contributed by atoms with Crippen LogP contribution in [0, 0.1) is 0 Å². The minimum atomic E-state index is -0.777. The van der Waals surface area contributed by atoms with E-state index in [1.807, 2.05) is 36.2 Å². The van der Waals surface area contributed by atoms with E-state index in [2.05, 4.69) is 9.88 Å². The first-order valence-corrected chi connectivity index (χ1v) is 8.74. The number of benzene rings is 1. The molecule has 1 aliphatic rings. The highest BCUT2D eigenvalue weighted by molar-refractivity contribution is 6.30. The first-order valence-electron chi connectivity index (χ1n) is 8.36. The number of oxazole rings is 1. The Labute approximate surface area is 152 Å². The van der Waals surface area contributed by atoms with Gasteiger partial charge in [0, 0.05) is 36.3 Å². The minimum absolute atomic E-state index is 0.0942. The molecule has 0 saturated carbocycles. The Kier molecular flexibility index (Phi) is 5.73. The van der Waals surface area contributed by atoms with Crippen LogP contribution in [0.1, 0.15) is 18.5 Å². The van der Waals surface area contributed by atoms with E-state index in [1.54, 1.807) is 6.26 Å². The summed E-state index contributed by atoms with van der Waals surface area (Å²) in [5.41, 5.74) is 1.76. The maximum Gasteiger partial charge on any atom is 0.317 e. The zero-order valence-corrected chi connectivity index (χ0v) is 14.9. The Bertz CT molecular complexity index is 726. The fourth-order valence-electron chi connectivity index (χ4n) is 3.22. The van der Waals surface area contributed by atoms with Crippen LogP contribution in [0.5, 0.6) is 0 Å². The molecule has 1 N–H and O–H groups in total. The molecule has 1 aliphatic heterocycles. The van der Waals surface area contributed by atoms with E-state index >= 15 is 0 Å². The lowest BCUT2D eigenvalue weighted by Gasteiger charge is -2.35. The van der Waals surface area contributed by atoms with E-state index in [-0.39, 0.29) is 6.54 Å². The molecule has 1 saturated heterocycles. The smallest absolute Gasteiger partial charge is 0.317 e. The molecule has 7 heteroatoms. The van der Waals surface area contributed by atoms with Crippen molar-refractivity contribution < 1.29 is 14.3 Å². The Hall–Kier alpha value is -1.89. The van der Waals surface area contributed by atoms with E-state index in [9.17, 15) is 4.79 Å². The number of rotatable bonds is 6. The van der Waals surface area contributed by atoms with Crippen LogP contribution in [0.2, 0.25) is 5.02 Å². The summed E-state index contributed by atoms with van der Waals surface area (Å²) in [6.07, 6.45) is 3.62. The maximum atomic E-state index is 10.8. The number of hydrogen-bond donors (Lipinski definition) is 1. The quantitative estimate of drug-likeness (QED) is 0.850. The summed E-state index contributed by atoms with van der Waals surface area (Å²) >= 11 is 6.01. The van der Waals surface area contributed by atoms with Crippen molar-refractivity contribution in [3.63, 3.8) is 0 Å². The van der Waals surface area contributed by atoms with Crippen LogP contribution in [0.4, 0.5) is 0 Å². The summed E-state index contributed by atoms with van der Waals surface area (Å²) in [6.45, 7) is 2.68. The van der Waals surface area contributed by atoms with Gasteiger partial charge in [0.1, 0.15) is 6.26 Å². The fourth-order valence-corrected chi connectivity index (χ4v) is 3.41. The van der Waals surface area contributed by atoms with Gasteiger partial charge in [-0.3, -0.25) is 14.6 Å². The lowest BCUT2D eigenvalue weighted by molar-refractivity contribution is -0.138. The van der Waals surface area contributed by atoms with Gasteiger partial charge in [0.2, 0.25) is 5.89 Å². The molecule has 0 bridgehead atoms. The second-order valence-electron chi connectivity index (χ2n) is 6.47. The maximum absolute atomic E-state index is 10.8. The van der Waals surface area contributed by atoms with E-state index in [4.69, 9.17) is 21.1 Å². The monoisotopic (exact) mass is 363 g/mol. The van der Waals surface area contributed by atoms with Gasteiger partial charge in [-0.2, -0.15) is 0 Å². The van der Waals surface area contributed by atoms with Crippen molar-refractivity contribution in [1.82, 2.24) is 14.8 Å². The van der Waals surface area contributed by atoms with Gasteiger partial charge in [0.05, 0.1) is 12.2 Å². The SMILES string of the molecule is CN(CC(=O)O)C1CCN(Cc2coc(-c3cccc(Cl)c3)n2)CC1. The third-order valence-corrected chi connectivity index (χ3v) is 4.81. The third-order valence-electron chi connectivity index (χ3n) is 4.57. The Morgan fingerprint density at radius 2 is 2.20 bits per heavy atom. The lowest BCUT2D eigenvalue weighted by atomic mass is 10.0. The van der Waals surface area contributed by atoms with E-state index < -0.39 is 5.97 Å². The molecular weight excluding hydrogens is 342 g/mol. The largest absolute Gasteiger partial charge is 0.480 e. The highest BCUT2D eigenvalue weighted by Gasteiger charge is 2.24. The normalized spacial score (nSPS) is 16.4. The second kappa shape index (κ2) is 7.99. The number of carboxylic acid groups (broad SMARTS) is 1. The van der Waals surface area contributed by atoms with Gasteiger partial charge < -0.3 is 9.52 Å². The molecule has 6 nitrogen and oxygen atoms in total. The van der Waals surface area contributed by atoms with Crippen molar-refractivity contribution in [2.24, 2.45) is 0 Å². The molecule has 1 aromatic heterocycles. The average molecular weight is 364 g/mol. The minimum Gasteiger partial charge on any atom is -0.480 e. The van der Waals surface area contributed by atoms with Crippen LogP contribution in [0.25, 0.3) is 11.5 Å². The van der Waals surface area contributed by atoms with E-state index in [1.165, 1.54) is 0 Å². The van der Waals surface area contributed by atoms with Crippen molar-refractivity contribution in [2.75, 3.05) is 26.7 Å². The summed E-state index contributed by atoms with van der Waals surface area (Å²) in [5.74, 6) is -0.199. The molecule has 1 aromatic carbocycles. The van der Waals surface area contributed by atoms with Crippen LogP contribution in [-0.2, 0) is 11.3 Å². The number of carboxylic acids is 1. The van der Waals surface area contributed by atoms with Crippen molar-refractivity contribution in [1.29, 1.82) is 0 Å². The topological polar surface area (TPSA) is 69.8 Å². The molecule has 3 rings (SSSR count). The Morgan fingerprint density at radius 3 is 2.88 bits per heavy atom. The number of hydrogen-bond acceptors (Lipinski definition) is 5. The van der Waals surface area contributed by atoms with Crippen LogP contribution in [0.3, 0.4) is 0 Å². The molecule has 2 heterocycles. The number of likely N-dealkylation sites (N-methyl/N-ethyl adjacent to an activating group) is 1. The zero-order chi connectivity index (χ0) is 17.8. The number of carbonyl (C=O) groups is 1. The average Bonchev–Trinajstić information content (AvgIpc) is 3.03. The molecule has 0 radical (unpaired) electrons. The van der Waals surface area contributed by atoms with Crippen LogP contribution >= 0.6 is 11.6 Å². The second-order valence-corrected chi connectivity index (χ2v) is 6.91. The standard InChI is InChI=1S/C18H22ClN3O3/c1-21(11-17(23)24)16-5-7-22(8-6-16)10-15-12-25-18(20-15)13-3-2-4-14(19)9-13/h2-4,9,12,16H,5-8,10-11H2,1H3,(H,23,24). The van der Waals surface area contributed by atoms with Gasteiger partial charge >= 0.3 is 5.97 Å². The fraction of sp³-hybridized carbons (Fsp3) is 0.444. The van der Waals surface area contributed by atoms with Gasteiger partial charge in [-0.25, -0.2) is 4.98 Å². The number of piperidine rings is 1. The van der Waals surface area contributed by atoms with Gasteiger partial charge in [-0.05, 0) is 38.1 Å². The van der Waals surface area contributed by atoms with Gasteiger partial charge in [-0.1, -0.05) is 17.7 Å². The number of aliphatic carboxylic acids is 1. The predicted octanol–water partition coefficient (Wildman–Crippen LogP) is 2.98. The summed E-state index contributed by atoms with van der Waals surface area (Å²) in [6, 6.07) is 7.78. The number of aromatic nitrogens is 1. The number of nitrogens with zero attached hydrogens (tertiary/aromatic N) is 3. The van der Waals surface area contributed by atoms with Crippen LogP contribution in [-0.4, -0.2) is 58.6 Å². The molecule has 0 aliphatic carbocycles. The molecule has 0 amide bonds. The molecule has 25 heavy (non-hydrogen) atoms. The molecule has 0 spiro atoms. The Balaban J connectivity index is 1.54. The first-order chi connectivity index (χ1) is 12.0.